The third-order valence-electron chi connectivity index (χ3n) is 5.02. The van der Waals surface area contributed by atoms with Gasteiger partial charge < -0.3 is 14.3 Å². The lowest BCUT2D eigenvalue weighted by molar-refractivity contribution is 0.377. The van der Waals surface area contributed by atoms with Crippen molar-refractivity contribution in [1.82, 2.24) is 0 Å². The van der Waals surface area contributed by atoms with E-state index in [-0.39, 0.29) is 0 Å². The summed E-state index contributed by atoms with van der Waals surface area (Å²) in [5.41, 5.74) is 6.24. The summed E-state index contributed by atoms with van der Waals surface area (Å²) in [5.74, 6) is 0.502. The van der Waals surface area contributed by atoms with Gasteiger partial charge in [-0.3, -0.25) is 0 Å². The van der Waals surface area contributed by atoms with E-state index in [0.717, 1.165) is 44.2 Å². The lowest BCUT2D eigenvalue weighted by Gasteiger charge is -2.21. The van der Waals surface area contributed by atoms with Gasteiger partial charge in [0.15, 0.2) is 0 Å². The first-order valence-corrected chi connectivity index (χ1v) is 10.3. The van der Waals surface area contributed by atoms with Crippen LogP contribution in [0.25, 0.3) is 33.0 Å². The van der Waals surface area contributed by atoms with Crippen molar-refractivity contribution in [1.29, 1.82) is 0 Å². The van der Waals surface area contributed by atoms with Crippen molar-refractivity contribution in [3.8, 4) is 28.0 Å². The average Bonchev–Trinajstić information content (AvgIpc) is 2.68. The zero-order valence-electron chi connectivity index (χ0n) is 15.8. The van der Waals surface area contributed by atoms with E-state index in [1.807, 2.05) is 54.6 Å². The summed E-state index contributed by atoms with van der Waals surface area (Å²) >= 11 is 0. The minimum atomic E-state index is -2.56. The van der Waals surface area contributed by atoms with Gasteiger partial charge in [0.25, 0.3) is 0 Å². The van der Waals surface area contributed by atoms with Gasteiger partial charge in [-0.25, -0.2) is 0 Å². The predicted octanol–water partition coefficient (Wildman–Crippen LogP) is 6.38. The Balaban J connectivity index is 2.17. The Bertz CT molecular complexity index is 1150. The van der Waals surface area contributed by atoms with Gasteiger partial charge in [-0.1, -0.05) is 72.8 Å². The Labute approximate surface area is 165 Å². The van der Waals surface area contributed by atoms with Crippen LogP contribution < -0.4 is 4.52 Å². The van der Waals surface area contributed by atoms with Crippen LogP contribution in [0.1, 0.15) is 11.1 Å². The molecule has 4 rings (SSSR count). The molecule has 0 radical (unpaired) electrons. The first-order valence-electron chi connectivity index (χ1n) is 9.10. The van der Waals surface area contributed by atoms with Crippen LogP contribution in [0, 0.1) is 13.8 Å². The molecule has 0 aliphatic heterocycles. The summed E-state index contributed by atoms with van der Waals surface area (Å²) < 4.78 is 5.65. The number of benzene rings is 4. The average molecular weight is 388 g/mol. The van der Waals surface area contributed by atoms with Gasteiger partial charge in [-0.15, -0.1) is 0 Å². The second kappa shape index (κ2) is 7.73. The lowest BCUT2D eigenvalue weighted by Crippen LogP contribution is -1.97. The molecule has 4 aromatic carbocycles. The summed E-state index contributed by atoms with van der Waals surface area (Å²) in [5, 5.41) is 1.85. The van der Waals surface area contributed by atoms with E-state index < -0.39 is 8.60 Å². The molecule has 0 saturated heterocycles. The smallest absolute Gasteiger partial charge is 0.391 e. The minimum Gasteiger partial charge on any atom is -0.426 e. The summed E-state index contributed by atoms with van der Waals surface area (Å²) in [6, 6.07) is 26.3. The fourth-order valence-electron chi connectivity index (χ4n) is 3.70. The molecule has 0 spiro atoms. The molecule has 0 atom stereocenters. The number of aryl methyl sites for hydroxylation is 2. The van der Waals surface area contributed by atoms with Crippen molar-refractivity contribution >= 4 is 19.4 Å². The van der Waals surface area contributed by atoms with Gasteiger partial charge in [-0.05, 0) is 53.1 Å². The van der Waals surface area contributed by atoms with Crippen molar-refractivity contribution in [3.05, 3.63) is 90.0 Å². The summed E-state index contributed by atoms with van der Waals surface area (Å²) in [6.45, 7) is 4.13. The molecule has 0 aromatic heterocycles. The molecule has 0 aliphatic carbocycles. The van der Waals surface area contributed by atoms with Crippen molar-refractivity contribution in [2.75, 3.05) is 0 Å². The highest BCUT2D eigenvalue weighted by Gasteiger charge is 2.21. The van der Waals surface area contributed by atoms with Gasteiger partial charge in [-0.2, -0.15) is 0 Å². The van der Waals surface area contributed by atoms with Gasteiger partial charge in [0.1, 0.15) is 5.75 Å². The van der Waals surface area contributed by atoms with Crippen LogP contribution in [-0.2, 0) is 0 Å². The van der Waals surface area contributed by atoms with E-state index in [2.05, 4.69) is 38.1 Å². The summed E-state index contributed by atoms with van der Waals surface area (Å²) in [6.07, 6.45) is 0. The molecule has 0 saturated carbocycles. The standard InChI is InChI=1S/C24H21O3P/c1-16-9-3-6-12-19(16)22-15-18-11-5-8-14-21(18)24(27-28(25)26)23(22)20-13-7-4-10-17(20)2/h3-15,25-26H,1-2H3. The van der Waals surface area contributed by atoms with Crippen LogP contribution in [0.4, 0.5) is 0 Å². The fourth-order valence-corrected chi connectivity index (χ4v) is 4.05. The van der Waals surface area contributed by atoms with Crippen molar-refractivity contribution in [3.63, 3.8) is 0 Å². The fraction of sp³-hybridized carbons (Fsp3) is 0.0833. The van der Waals surface area contributed by atoms with E-state index >= 15 is 0 Å². The zero-order valence-corrected chi connectivity index (χ0v) is 16.6. The van der Waals surface area contributed by atoms with E-state index in [0.29, 0.717) is 5.75 Å². The molecule has 2 N–H and O–H groups in total. The topological polar surface area (TPSA) is 49.7 Å². The Hall–Kier alpha value is -2.71. The third kappa shape index (κ3) is 3.41. The van der Waals surface area contributed by atoms with Crippen LogP contribution in [0.2, 0.25) is 0 Å². The van der Waals surface area contributed by atoms with Crippen LogP contribution in [-0.4, -0.2) is 9.79 Å². The van der Waals surface area contributed by atoms with Crippen molar-refractivity contribution in [2.24, 2.45) is 0 Å². The van der Waals surface area contributed by atoms with Crippen molar-refractivity contribution < 1.29 is 14.3 Å². The zero-order chi connectivity index (χ0) is 19.7. The molecule has 140 valence electrons. The second-order valence-corrected chi connectivity index (χ2v) is 7.51. The molecule has 28 heavy (non-hydrogen) atoms. The van der Waals surface area contributed by atoms with Gasteiger partial charge in [0, 0.05) is 10.9 Å². The van der Waals surface area contributed by atoms with Crippen LogP contribution in [0.15, 0.2) is 78.9 Å². The molecular formula is C24H21O3P. The van der Waals surface area contributed by atoms with Gasteiger partial charge in [0.05, 0.1) is 0 Å². The Morgan fingerprint density at radius 2 is 1.25 bits per heavy atom. The summed E-state index contributed by atoms with van der Waals surface area (Å²) in [7, 11) is -2.56. The number of fused-ring (bicyclic) bond motifs is 1. The molecule has 0 bridgehead atoms. The number of rotatable bonds is 4. The molecule has 4 aromatic rings. The molecule has 0 fully saturated rings. The van der Waals surface area contributed by atoms with Crippen LogP contribution in [0.3, 0.4) is 0 Å². The number of hydrogen-bond donors (Lipinski definition) is 2. The molecule has 0 aliphatic rings. The first-order chi connectivity index (χ1) is 13.6. The molecule has 3 nitrogen and oxygen atoms in total. The van der Waals surface area contributed by atoms with Gasteiger partial charge >= 0.3 is 8.60 Å². The Morgan fingerprint density at radius 3 is 1.89 bits per heavy atom. The molecular weight excluding hydrogens is 367 g/mol. The third-order valence-corrected chi connectivity index (χ3v) is 5.37. The van der Waals surface area contributed by atoms with Gasteiger partial charge in [0.2, 0.25) is 0 Å². The van der Waals surface area contributed by atoms with E-state index in [4.69, 9.17) is 4.52 Å². The summed E-state index contributed by atoms with van der Waals surface area (Å²) in [4.78, 5) is 19.4. The Kier molecular flexibility index (Phi) is 5.15. The first kappa shape index (κ1) is 18.6. The SMILES string of the molecule is Cc1ccccc1-c1cc2ccccc2c(OP(O)O)c1-c1ccccc1C. The van der Waals surface area contributed by atoms with E-state index in [1.165, 1.54) is 0 Å². The quantitative estimate of drug-likeness (QED) is 0.399. The second-order valence-electron chi connectivity index (χ2n) is 6.82. The maximum atomic E-state index is 9.72. The highest BCUT2D eigenvalue weighted by Crippen LogP contribution is 2.48. The lowest BCUT2D eigenvalue weighted by atomic mass is 9.87. The minimum absolute atomic E-state index is 0.502. The monoisotopic (exact) mass is 388 g/mol. The van der Waals surface area contributed by atoms with Crippen LogP contribution in [0.5, 0.6) is 5.75 Å². The molecule has 0 unspecified atom stereocenters. The molecule has 4 heteroatoms. The maximum Gasteiger partial charge on any atom is 0.391 e. The largest absolute Gasteiger partial charge is 0.426 e. The normalized spacial score (nSPS) is 11.2. The van der Waals surface area contributed by atoms with E-state index in [9.17, 15) is 9.79 Å². The number of hydrogen-bond acceptors (Lipinski definition) is 3. The molecule has 0 heterocycles. The highest BCUT2D eigenvalue weighted by atomic mass is 31.2. The van der Waals surface area contributed by atoms with E-state index in [1.54, 1.807) is 0 Å². The predicted molar refractivity (Wildman–Crippen MR) is 116 cm³/mol. The van der Waals surface area contributed by atoms with Crippen LogP contribution >= 0.6 is 8.60 Å². The Morgan fingerprint density at radius 1 is 0.679 bits per heavy atom. The molecule has 0 amide bonds. The highest BCUT2D eigenvalue weighted by molar-refractivity contribution is 7.39. The maximum absolute atomic E-state index is 9.72. The van der Waals surface area contributed by atoms with Crippen molar-refractivity contribution in [2.45, 2.75) is 13.8 Å².